The molecule has 2 nitrogen and oxygen atoms in total. The van der Waals surface area contributed by atoms with Crippen molar-refractivity contribution < 1.29 is 1.41 Å². The standard InChI is InChI=1S/C12H14N2/c1-2-3-8-14-9-10-6-4-5-7-11(10)12(14)13/h2-7,13H,8-9H2,1H3/b3-2?,13-12+. The van der Waals surface area contributed by atoms with Crippen molar-refractivity contribution in [3.8, 4) is 0 Å². The van der Waals surface area contributed by atoms with Gasteiger partial charge >= 0.3 is 0 Å². The summed E-state index contributed by atoms with van der Waals surface area (Å²) in [5.74, 6) is 0.781. The van der Waals surface area contributed by atoms with Crippen LogP contribution in [0.4, 0.5) is 0 Å². The van der Waals surface area contributed by atoms with Crippen LogP contribution in [0.5, 0.6) is 0 Å². The van der Waals surface area contributed by atoms with Gasteiger partial charge in [0.2, 0.25) is 0 Å². The molecule has 0 saturated carbocycles. The Morgan fingerprint density at radius 2 is 2.43 bits per heavy atom. The molecule has 0 radical (unpaired) electrons. The second-order valence-corrected chi connectivity index (χ2v) is 3.43. The van der Waals surface area contributed by atoms with Crippen LogP contribution in [-0.2, 0) is 6.54 Å². The SMILES string of the molecule is [H]/N=C1\c2ccccc2CN1CC=CC. The fraction of sp³-hybridized carbons (Fsp3) is 0.250. The predicted octanol–water partition coefficient (Wildman–Crippen LogP) is 2.40. The third-order valence-corrected chi connectivity index (χ3v) is 2.48. The maximum atomic E-state index is 7.22. The number of allylic oxidation sites excluding steroid dienone is 1. The lowest BCUT2D eigenvalue weighted by molar-refractivity contribution is 0.474. The van der Waals surface area contributed by atoms with E-state index in [2.05, 4.69) is 22.4 Å². The van der Waals surface area contributed by atoms with Crippen LogP contribution in [0, 0.1) is 5.40 Å². The Balaban J connectivity index is 2.29. The fourth-order valence-electron chi connectivity index (χ4n) is 1.71. The van der Waals surface area contributed by atoms with Crippen molar-refractivity contribution in [2.45, 2.75) is 13.5 Å². The van der Waals surface area contributed by atoms with E-state index in [4.69, 9.17) is 1.41 Å². The largest absolute Gasteiger partial charge is 0.349 e. The Morgan fingerprint density at radius 1 is 1.57 bits per heavy atom. The van der Waals surface area contributed by atoms with Crippen molar-refractivity contribution in [3.63, 3.8) is 0 Å². The van der Waals surface area contributed by atoms with Crippen molar-refractivity contribution >= 4 is 5.84 Å². The molecule has 0 amide bonds. The molecule has 0 fully saturated rings. The van der Waals surface area contributed by atoms with Gasteiger partial charge in [-0.1, -0.05) is 36.4 Å². The van der Waals surface area contributed by atoms with E-state index in [9.17, 15) is 0 Å². The summed E-state index contributed by atoms with van der Waals surface area (Å²) < 4.78 is 7.22. The van der Waals surface area contributed by atoms with Crippen molar-refractivity contribution in [1.82, 2.24) is 4.90 Å². The molecule has 1 aromatic rings. The first-order valence-corrected chi connectivity index (χ1v) is 4.83. The highest BCUT2D eigenvalue weighted by atomic mass is 15.2. The second-order valence-electron chi connectivity index (χ2n) is 3.43. The lowest BCUT2D eigenvalue weighted by Gasteiger charge is -2.14. The monoisotopic (exact) mass is 186 g/mol. The van der Waals surface area contributed by atoms with Gasteiger partial charge in [0.15, 0.2) is 1.41 Å². The van der Waals surface area contributed by atoms with Crippen molar-refractivity contribution in [2.75, 3.05) is 6.54 Å². The van der Waals surface area contributed by atoms with Crippen molar-refractivity contribution in [3.05, 3.63) is 47.5 Å². The molecule has 1 aliphatic heterocycles. The van der Waals surface area contributed by atoms with Gasteiger partial charge in [0.25, 0.3) is 0 Å². The molecule has 2 rings (SSSR count). The molecule has 0 atom stereocenters. The Labute approximate surface area is 85.8 Å². The van der Waals surface area contributed by atoms with Gasteiger partial charge in [0, 0.05) is 18.7 Å². The third-order valence-electron chi connectivity index (χ3n) is 2.48. The first kappa shape index (κ1) is 7.80. The van der Waals surface area contributed by atoms with Gasteiger partial charge in [-0.25, -0.2) is 0 Å². The smallest absolute Gasteiger partial charge is 0.189 e. The molecule has 0 spiro atoms. The summed E-state index contributed by atoms with van der Waals surface area (Å²) in [6.07, 6.45) is 4.10. The molecule has 72 valence electrons. The first-order chi connectivity index (χ1) is 7.36. The van der Waals surface area contributed by atoms with Crippen LogP contribution in [0.2, 0.25) is 1.41 Å². The molecule has 0 aromatic heterocycles. The zero-order chi connectivity index (χ0) is 10.7. The van der Waals surface area contributed by atoms with Crippen LogP contribution >= 0.6 is 0 Å². The van der Waals surface area contributed by atoms with E-state index in [0.29, 0.717) is 0 Å². The molecule has 0 aliphatic carbocycles. The highest BCUT2D eigenvalue weighted by Crippen LogP contribution is 2.21. The van der Waals surface area contributed by atoms with Crippen LogP contribution in [0.25, 0.3) is 0 Å². The van der Waals surface area contributed by atoms with Crippen LogP contribution < -0.4 is 0 Å². The lowest BCUT2D eigenvalue weighted by atomic mass is 10.1. The second kappa shape index (κ2) is 3.66. The molecule has 0 bridgehead atoms. The van der Waals surface area contributed by atoms with Crippen LogP contribution in [0.15, 0.2) is 36.4 Å². The Hall–Kier alpha value is -1.57. The summed E-state index contributed by atoms with van der Waals surface area (Å²) >= 11 is 0. The first-order valence-electron chi connectivity index (χ1n) is 5.28. The van der Waals surface area contributed by atoms with Gasteiger partial charge in [0.05, 0.1) is 0 Å². The van der Waals surface area contributed by atoms with Crippen molar-refractivity contribution in [1.29, 1.82) is 5.40 Å². The highest BCUT2D eigenvalue weighted by Gasteiger charge is 2.21. The normalized spacial score (nSPS) is 19.1. The number of rotatable bonds is 2. The van der Waals surface area contributed by atoms with Crippen molar-refractivity contribution in [2.24, 2.45) is 0 Å². The number of nitrogens with one attached hydrogen (secondary N) is 1. The quantitative estimate of drug-likeness (QED) is 0.705. The molecule has 1 N–H and O–H groups in total. The number of fused-ring (bicyclic) bond motifs is 1. The summed E-state index contributed by atoms with van der Waals surface area (Å²) in [7, 11) is 0. The molecular formula is C12H14N2. The van der Waals surface area contributed by atoms with E-state index >= 15 is 0 Å². The molecule has 1 heterocycles. The van der Waals surface area contributed by atoms with E-state index in [-0.39, 0.29) is 0 Å². The average Bonchev–Trinajstić information content (AvgIpc) is 2.63. The lowest BCUT2D eigenvalue weighted by Crippen LogP contribution is -2.23. The minimum absolute atomic E-state index is 0.781. The average molecular weight is 186 g/mol. The number of nitrogens with zero attached hydrogens (tertiary/aromatic N) is 1. The Morgan fingerprint density at radius 3 is 3.21 bits per heavy atom. The topological polar surface area (TPSA) is 27.1 Å². The molecule has 0 saturated heterocycles. The van der Waals surface area contributed by atoms with Gasteiger partial charge < -0.3 is 4.90 Å². The highest BCUT2D eigenvalue weighted by molar-refractivity contribution is 6.00. The van der Waals surface area contributed by atoms with Gasteiger partial charge in [-0.15, -0.1) is 0 Å². The molecular weight excluding hydrogens is 172 g/mol. The van der Waals surface area contributed by atoms with Gasteiger partial charge in [-0.2, -0.15) is 0 Å². The summed E-state index contributed by atoms with van der Waals surface area (Å²) in [6.45, 7) is 3.68. The zero-order valence-corrected chi connectivity index (χ0v) is 8.27. The van der Waals surface area contributed by atoms with E-state index in [1.54, 1.807) is 0 Å². The van der Waals surface area contributed by atoms with Crippen LogP contribution in [0.1, 0.15) is 18.1 Å². The summed E-state index contributed by atoms with van der Waals surface area (Å²) in [5.41, 5.74) is 2.35. The fourth-order valence-corrected chi connectivity index (χ4v) is 1.71. The molecule has 1 aromatic carbocycles. The predicted molar refractivity (Wildman–Crippen MR) is 58.5 cm³/mol. The Bertz CT molecular complexity index is 410. The minimum Gasteiger partial charge on any atom is -0.349 e. The van der Waals surface area contributed by atoms with Gasteiger partial charge in [0.1, 0.15) is 5.84 Å². The zero-order valence-electron chi connectivity index (χ0n) is 9.27. The number of hydrogen-bond acceptors (Lipinski definition) is 1. The summed E-state index contributed by atoms with van der Waals surface area (Å²) in [5, 5.41) is 3.62. The molecule has 14 heavy (non-hydrogen) atoms. The maximum absolute atomic E-state index is 7.22. The van der Waals surface area contributed by atoms with Crippen LogP contribution in [-0.4, -0.2) is 17.3 Å². The van der Waals surface area contributed by atoms with Gasteiger partial charge in [-0.05, 0) is 12.5 Å². The summed E-state index contributed by atoms with van der Waals surface area (Å²) in [6, 6.07) is 8.14. The van der Waals surface area contributed by atoms with E-state index in [0.717, 1.165) is 24.5 Å². The molecule has 1 aliphatic rings. The van der Waals surface area contributed by atoms with Crippen LogP contribution in [0.3, 0.4) is 0 Å². The number of benzene rings is 1. The number of amidine groups is 1. The maximum Gasteiger partial charge on any atom is 0.189 e. The third kappa shape index (κ3) is 1.43. The van der Waals surface area contributed by atoms with Gasteiger partial charge in [-0.3, -0.25) is 5.40 Å². The van der Waals surface area contributed by atoms with E-state index < -0.39 is 0 Å². The molecule has 2 heteroatoms. The molecule has 0 unspecified atom stereocenters. The summed E-state index contributed by atoms with van der Waals surface area (Å²) in [4.78, 5) is 2.11. The Kier molecular flexibility index (Phi) is 2.04. The van der Waals surface area contributed by atoms with E-state index in [1.807, 2.05) is 31.2 Å². The van der Waals surface area contributed by atoms with E-state index in [1.165, 1.54) is 5.56 Å². The minimum atomic E-state index is 0.781. The number of hydrogen-bond donors (Lipinski definition) is 1.